The molecule has 1 heterocycles. The maximum Gasteiger partial charge on any atom is 0.257 e. The van der Waals surface area contributed by atoms with Gasteiger partial charge in [-0.05, 0) is 41.3 Å². The molecule has 2 aromatic carbocycles. The van der Waals surface area contributed by atoms with Crippen LogP contribution in [0.15, 0.2) is 47.4 Å². The lowest BCUT2D eigenvalue weighted by molar-refractivity contribution is 0.0730. The lowest BCUT2D eigenvalue weighted by Gasteiger charge is -2.26. The molecular formula is C21H25ClN2O4S. The smallest absolute Gasteiger partial charge is 0.257 e. The number of morpholine rings is 1. The Balaban J connectivity index is 1.83. The van der Waals surface area contributed by atoms with Crippen LogP contribution < -0.4 is 5.32 Å². The summed E-state index contributed by atoms with van der Waals surface area (Å²) in [6.07, 6.45) is 0. The highest BCUT2D eigenvalue weighted by Crippen LogP contribution is 2.26. The van der Waals surface area contributed by atoms with E-state index < -0.39 is 15.9 Å². The van der Waals surface area contributed by atoms with Crippen molar-refractivity contribution in [2.75, 3.05) is 31.6 Å². The number of halogens is 1. The molecule has 0 aromatic heterocycles. The molecule has 6 nitrogen and oxygen atoms in total. The van der Waals surface area contributed by atoms with Crippen LogP contribution in [-0.2, 0) is 20.2 Å². The molecule has 3 rings (SSSR count). The highest BCUT2D eigenvalue weighted by Gasteiger charge is 2.27. The fourth-order valence-corrected chi connectivity index (χ4v) is 4.66. The van der Waals surface area contributed by atoms with E-state index >= 15 is 0 Å². The molecule has 1 aliphatic rings. The van der Waals surface area contributed by atoms with E-state index in [1.165, 1.54) is 22.5 Å². The Labute approximate surface area is 176 Å². The molecular weight excluding hydrogens is 412 g/mol. The van der Waals surface area contributed by atoms with Crippen LogP contribution in [0.5, 0.6) is 0 Å². The molecule has 0 saturated carbocycles. The largest absolute Gasteiger partial charge is 0.379 e. The summed E-state index contributed by atoms with van der Waals surface area (Å²) in [4.78, 5) is 12.8. The molecule has 0 radical (unpaired) electrons. The van der Waals surface area contributed by atoms with Crippen molar-refractivity contribution in [3.63, 3.8) is 0 Å². The Morgan fingerprint density at radius 2 is 1.69 bits per heavy atom. The summed E-state index contributed by atoms with van der Waals surface area (Å²) in [6, 6.07) is 11.7. The molecule has 1 amide bonds. The Kier molecular flexibility index (Phi) is 6.33. The highest BCUT2D eigenvalue weighted by atomic mass is 35.5. The van der Waals surface area contributed by atoms with Crippen molar-refractivity contribution in [1.29, 1.82) is 0 Å². The van der Waals surface area contributed by atoms with Gasteiger partial charge in [0.25, 0.3) is 5.91 Å². The number of amides is 1. The van der Waals surface area contributed by atoms with E-state index in [1.54, 1.807) is 0 Å². The predicted molar refractivity (Wildman–Crippen MR) is 114 cm³/mol. The average Bonchev–Trinajstić information content (AvgIpc) is 2.68. The molecule has 156 valence electrons. The monoisotopic (exact) mass is 436 g/mol. The molecule has 0 spiro atoms. The lowest BCUT2D eigenvalue weighted by Crippen LogP contribution is -2.40. The van der Waals surface area contributed by atoms with E-state index in [2.05, 4.69) is 26.1 Å². The number of rotatable bonds is 4. The van der Waals surface area contributed by atoms with Crippen molar-refractivity contribution in [1.82, 2.24) is 4.31 Å². The fraction of sp³-hybridized carbons (Fsp3) is 0.381. The summed E-state index contributed by atoms with van der Waals surface area (Å²) in [5, 5.41) is 2.97. The minimum atomic E-state index is -3.71. The Bertz CT molecular complexity index is 992. The van der Waals surface area contributed by atoms with Crippen LogP contribution in [0.2, 0.25) is 5.02 Å². The third-order valence-electron chi connectivity index (χ3n) is 4.80. The number of carbonyl (C=O) groups excluding carboxylic acids is 1. The van der Waals surface area contributed by atoms with E-state index in [0.29, 0.717) is 18.9 Å². The van der Waals surface area contributed by atoms with Crippen molar-refractivity contribution < 1.29 is 17.9 Å². The van der Waals surface area contributed by atoms with Crippen molar-refractivity contribution in [3.8, 4) is 0 Å². The van der Waals surface area contributed by atoms with Gasteiger partial charge in [0.05, 0.1) is 28.7 Å². The number of nitrogens with zero attached hydrogens (tertiary/aromatic N) is 1. The minimum Gasteiger partial charge on any atom is -0.379 e. The fourth-order valence-electron chi connectivity index (χ4n) is 3.03. The van der Waals surface area contributed by atoms with E-state index in [1.807, 2.05) is 24.3 Å². The van der Waals surface area contributed by atoms with Gasteiger partial charge in [-0.2, -0.15) is 4.31 Å². The highest BCUT2D eigenvalue weighted by molar-refractivity contribution is 7.89. The summed E-state index contributed by atoms with van der Waals surface area (Å²) in [5.41, 5.74) is 1.88. The van der Waals surface area contributed by atoms with Crippen LogP contribution in [0.4, 0.5) is 5.69 Å². The first-order chi connectivity index (χ1) is 13.6. The van der Waals surface area contributed by atoms with Crippen LogP contribution >= 0.6 is 11.6 Å². The van der Waals surface area contributed by atoms with Gasteiger partial charge in [-0.1, -0.05) is 44.5 Å². The summed E-state index contributed by atoms with van der Waals surface area (Å²) in [5.74, 6) is -0.461. The van der Waals surface area contributed by atoms with Gasteiger partial charge in [-0.25, -0.2) is 8.42 Å². The third kappa shape index (κ3) is 4.98. The zero-order valence-corrected chi connectivity index (χ0v) is 18.3. The number of hydrogen-bond acceptors (Lipinski definition) is 4. The second-order valence-electron chi connectivity index (χ2n) is 7.94. The van der Waals surface area contributed by atoms with Gasteiger partial charge >= 0.3 is 0 Å². The summed E-state index contributed by atoms with van der Waals surface area (Å²) < 4.78 is 32.3. The molecule has 0 aliphatic carbocycles. The summed E-state index contributed by atoms with van der Waals surface area (Å²) in [6.45, 7) is 7.61. The molecule has 29 heavy (non-hydrogen) atoms. The predicted octanol–water partition coefficient (Wildman–Crippen LogP) is 3.91. The SMILES string of the molecule is CC(C)(C)c1ccc(NC(=O)c2cc(S(=O)(=O)N3CCOCC3)ccc2Cl)cc1. The standard InChI is InChI=1S/C21H25ClN2O4S/c1-21(2,3)15-4-6-16(7-5-15)23-20(25)18-14-17(8-9-19(18)22)29(26,27)24-10-12-28-13-11-24/h4-9,14H,10-13H2,1-3H3,(H,23,25). The van der Waals surface area contributed by atoms with Crippen LogP contribution in [-0.4, -0.2) is 44.9 Å². The first-order valence-corrected chi connectivity index (χ1v) is 11.2. The van der Waals surface area contributed by atoms with E-state index in [0.717, 1.165) is 5.56 Å². The summed E-state index contributed by atoms with van der Waals surface area (Å²) >= 11 is 6.19. The number of anilines is 1. The second kappa shape index (κ2) is 8.44. The van der Waals surface area contributed by atoms with Crippen LogP contribution in [0.25, 0.3) is 0 Å². The van der Waals surface area contributed by atoms with Gasteiger partial charge in [0.2, 0.25) is 10.0 Å². The number of benzene rings is 2. The molecule has 1 aliphatic heterocycles. The molecule has 1 fully saturated rings. The molecule has 1 saturated heterocycles. The number of carbonyl (C=O) groups is 1. The molecule has 1 N–H and O–H groups in total. The number of ether oxygens (including phenoxy) is 1. The lowest BCUT2D eigenvalue weighted by atomic mass is 9.87. The number of sulfonamides is 1. The van der Waals surface area contributed by atoms with Gasteiger partial charge in [0.1, 0.15) is 0 Å². The first-order valence-electron chi connectivity index (χ1n) is 9.38. The zero-order valence-electron chi connectivity index (χ0n) is 16.7. The Morgan fingerprint density at radius 1 is 1.07 bits per heavy atom. The Hall–Kier alpha value is -1.93. The van der Waals surface area contributed by atoms with Crippen molar-refractivity contribution >= 4 is 33.2 Å². The minimum absolute atomic E-state index is 0.00797. The number of hydrogen-bond donors (Lipinski definition) is 1. The van der Waals surface area contributed by atoms with Crippen molar-refractivity contribution in [3.05, 3.63) is 58.6 Å². The normalized spacial score (nSPS) is 15.9. The van der Waals surface area contributed by atoms with E-state index in [9.17, 15) is 13.2 Å². The Morgan fingerprint density at radius 3 is 2.28 bits per heavy atom. The maximum atomic E-state index is 12.9. The van der Waals surface area contributed by atoms with E-state index in [4.69, 9.17) is 16.3 Å². The summed E-state index contributed by atoms with van der Waals surface area (Å²) in [7, 11) is -3.71. The third-order valence-corrected chi connectivity index (χ3v) is 7.02. The van der Waals surface area contributed by atoms with Gasteiger partial charge < -0.3 is 10.1 Å². The molecule has 0 unspecified atom stereocenters. The van der Waals surface area contributed by atoms with E-state index in [-0.39, 0.29) is 34.0 Å². The molecule has 2 aromatic rings. The molecule has 0 bridgehead atoms. The first kappa shape index (κ1) is 21.8. The van der Waals surface area contributed by atoms with Gasteiger partial charge in [0, 0.05) is 18.8 Å². The zero-order chi connectivity index (χ0) is 21.2. The number of nitrogens with one attached hydrogen (secondary N) is 1. The van der Waals surface area contributed by atoms with Crippen molar-refractivity contribution in [2.24, 2.45) is 0 Å². The topological polar surface area (TPSA) is 75.7 Å². The van der Waals surface area contributed by atoms with Crippen LogP contribution in [0, 0.1) is 0 Å². The molecule has 8 heteroatoms. The van der Waals surface area contributed by atoms with Crippen LogP contribution in [0.3, 0.4) is 0 Å². The quantitative estimate of drug-likeness (QED) is 0.788. The van der Waals surface area contributed by atoms with Gasteiger partial charge in [0.15, 0.2) is 0 Å². The van der Waals surface area contributed by atoms with Crippen LogP contribution in [0.1, 0.15) is 36.7 Å². The second-order valence-corrected chi connectivity index (χ2v) is 10.3. The maximum absolute atomic E-state index is 12.9. The van der Waals surface area contributed by atoms with Gasteiger partial charge in [-0.3, -0.25) is 4.79 Å². The molecule has 0 atom stereocenters. The van der Waals surface area contributed by atoms with Gasteiger partial charge in [-0.15, -0.1) is 0 Å². The average molecular weight is 437 g/mol. The van der Waals surface area contributed by atoms with Crippen molar-refractivity contribution in [2.45, 2.75) is 31.1 Å².